The van der Waals surface area contributed by atoms with Crippen molar-refractivity contribution in [1.29, 1.82) is 0 Å². The van der Waals surface area contributed by atoms with Crippen LogP contribution in [0.3, 0.4) is 0 Å². The Labute approximate surface area is 237 Å². The second kappa shape index (κ2) is 11.7. The van der Waals surface area contributed by atoms with Crippen molar-refractivity contribution in [2.75, 3.05) is 15.8 Å². The van der Waals surface area contributed by atoms with Gasteiger partial charge in [-0.1, -0.05) is 18.2 Å². The van der Waals surface area contributed by atoms with Crippen molar-refractivity contribution in [3.63, 3.8) is 0 Å². The Balaban J connectivity index is 1.69. The first-order chi connectivity index (χ1) is 20.0. The third-order valence-corrected chi connectivity index (χ3v) is 6.63. The van der Waals surface area contributed by atoms with Crippen LogP contribution in [0.15, 0.2) is 54.9 Å². The predicted octanol–water partition coefficient (Wildman–Crippen LogP) is 4.75. The van der Waals surface area contributed by atoms with E-state index in [2.05, 4.69) is 25.5 Å². The molecule has 2 aromatic carbocycles. The summed E-state index contributed by atoms with van der Waals surface area (Å²) in [6, 6.07) is 8.36. The van der Waals surface area contributed by atoms with Crippen molar-refractivity contribution in [1.82, 2.24) is 20.2 Å². The zero-order chi connectivity index (χ0) is 31.6. The SMILES string of the molecule is NC(=O)c1c(-c2ccc(NS(=O)(=O)CC(F)(F)F)c(OCc3ccc(F)cc3)c2)n[nH]c1Nc1cnc(C(F)(F)F)cn1. The summed E-state index contributed by atoms with van der Waals surface area (Å²) < 4.78 is 122. The van der Waals surface area contributed by atoms with Crippen LogP contribution in [0.4, 0.5) is 48.1 Å². The fourth-order valence-corrected chi connectivity index (χ4v) is 4.59. The molecule has 0 aliphatic heterocycles. The van der Waals surface area contributed by atoms with Crippen LogP contribution in [0, 0.1) is 5.82 Å². The summed E-state index contributed by atoms with van der Waals surface area (Å²) in [6.07, 6.45) is -8.59. The van der Waals surface area contributed by atoms with E-state index in [1.807, 2.05) is 0 Å². The van der Waals surface area contributed by atoms with Gasteiger partial charge in [0.2, 0.25) is 10.0 Å². The van der Waals surface area contributed by atoms with Gasteiger partial charge in [-0.2, -0.15) is 31.4 Å². The molecule has 0 fully saturated rings. The van der Waals surface area contributed by atoms with Crippen molar-refractivity contribution < 1.29 is 48.7 Å². The molecule has 4 aromatic rings. The van der Waals surface area contributed by atoms with Crippen molar-refractivity contribution in [2.24, 2.45) is 5.73 Å². The standard InChI is InChI=1S/C24H18F7N7O4S/c25-14-4-1-12(2-5-14)10-42-16-7-13(3-6-15(16)38-43(40,41)11-23(26,27)28)20-19(21(32)39)22(37-36-20)35-18-9-33-17(8-34-18)24(29,30)31/h1-9,38H,10-11H2,(H2,32,39)(H2,34,35,36,37). The summed E-state index contributed by atoms with van der Waals surface area (Å²) in [5.74, 6) is -4.50. The Morgan fingerprint density at radius 2 is 1.70 bits per heavy atom. The number of hydrogen-bond acceptors (Lipinski definition) is 8. The van der Waals surface area contributed by atoms with Gasteiger partial charge in [-0.05, 0) is 29.8 Å². The molecule has 11 nitrogen and oxygen atoms in total. The van der Waals surface area contributed by atoms with Crippen LogP contribution in [0.5, 0.6) is 5.75 Å². The quantitative estimate of drug-likeness (QED) is 0.182. The molecule has 0 unspecified atom stereocenters. The minimum absolute atomic E-state index is 0.0597. The molecule has 0 atom stereocenters. The first kappa shape index (κ1) is 31.0. The second-order valence-electron chi connectivity index (χ2n) is 8.70. The maximum absolute atomic E-state index is 13.3. The molecule has 0 saturated carbocycles. The smallest absolute Gasteiger partial charge is 0.434 e. The molecular formula is C24H18F7N7O4S. The highest BCUT2D eigenvalue weighted by atomic mass is 32.2. The highest BCUT2D eigenvalue weighted by Gasteiger charge is 2.36. The maximum atomic E-state index is 13.3. The molecule has 43 heavy (non-hydrogen) atoms. The van der Waals surface area contributed by atoms with Gasteiger partial charge in [0.05, 0.1) is 18.1 Å². The van der Waals surface area contributed by atoms with E-state index in [0.29, 0.717) is 11.8 Å². The van der Waals surface area contributed by atoms with Gasteiger partial charge in [-0.3, -0.25) is 14.6 Å². The number of primary amides is 1. The Hall–Kier alpha value is -4.94. The number of rotatable bonds is 10. The summed E-state index contributed by atoms with van der Waals surface area (Å²) in [4.78, 5) is 19.2. The summed E-state index contributed by atoms with van der Waals surface area (Å²) in [5, 5.41) is 8.96. The molecule has 0 aliphatic carbocycles. The third-order valence-electron chi connectivity index (χ3n) is 5.39. The lowest BCUT2D eigenvalue weighted by Gasteiger charge is -2.16. The van der Waals surface area contributed by atoms with E-state index in [4.69, 9.17) is 10.5 Å². The molecule has 0 bridgehead atoms. The highest BCUT2D eigenvalue weighted by molar-refractivity contribution is 7.92. The van der Waals surface area contributed by atoms with Gasteiger partial charge in [0.25, 0.3) is 5.91 Å². The Kier molecular flexibility index (Phi) is 8.47. The number of hydrogen-bond donors (Lipinski definition) is 4. The number of carbonyl (C=O) groups excluding carboxylic acids is 1. The average Bonchev–Trinajstić information content (AvgIpc) is 3.31. The zero-order valence-electron chi connectivity index (χ0n) is 21.2. The number of benzene rings is 2. The van der Waals surface area contributed by atoms with Gasteiger partial charge in [-0.25, -0.2) is 22.8 Å². The number of carbonyl (C=O) groups is 1. The van der Waals surface area contributed by atoms with Crippen LogP contribution >= 0.6 is 0 Å². The summed E-state index contributed by atoms with van der Waals surface area (Å²) in [5.41, 5.74) is 3.86. The second-order valence-corrected chi connectivity index (χ2v) is 10.4. The number of aromatic amines is 1. The Morgan fingerprint density at radius 3 is 2.28 bits per heavy atom. The monoisotopic (exact) mass is 633 g/mol. The van der Waals surface area contributed by atoms with E-state index in [-0.39, 0.29) is 40.8 Å². The normalized spacial score (nSPS) is 12.2. The van der Waals surface area contributed by atoms with Gasteiger partial charge < -0.3 is 15.8 Å². The number of ether oxygens (including phenoxy) is 1. The van der Waals surface area contributed by atoms with Gasteiger partial charge >= 0.3 is 12.4 Å². The molecule has 228 valence electrons. The van der Waals surface area contributed by atoms with Gasteiger partial charge in [0.15, 0.2) is 11.4 Å². The molecule has 0 radical (unpaired) electrons. The number of aromatic nitrogens is 4. The fraction of sp³-hybridized carbons (Fsp3) is 0.167. The van der Waals surface area contributed by atoms with Crippen LogP contribution in [-0.4, -0.2) is 46.4 Å². The number of amides is 1. The number of H-pyrrole nitrogens is 1. The number of nitrogens with zero attached hydrogens (tertiary/aromatic N) is 3. The van der Waals surface area contributed by atoms with Crippen LogP contribution in [0.25, 0.3) is 11.3 Å². The lowest BCUT2D eigenvalue weighted by atomic mass is 10.1. The number of alkyl halides is 6. The third kappa shape index (κ3) is 8.09. The summed E-state index contributed by atoms with van der Waals surface area (Å²) in [6.45, 7) is -0.277. The van der Waals surface area contributed by atoms with Crippen LogP contribution in [0.2, 0.25) is 0 Å². The highest BCUT2D eigenvalue weighted by Crippen LogP contribution is 2.36. The lowest BCUT2D eigenvalue weighted by Crippen LogP contribution is -2.28. The molecule has 5 N–H and O–H groups in total. The summed E-state index contributed by atoms with van der Waals surface area (Å²) in [7, 11) is -4.94. The minimum atomic E-state index is -5.05. The van der Waals surface area contributed by atoms with Crippen molar-refractivity contribution in [3.8, 4) is 17.0 Å². The van der Waals surface area contributed by atoms with Crippen molar-refractivity contribution in [2.45, 2.75) is 19.0 Å². The van der Waals surface area contributed by atoms with E-state index in [1.54, 1.807) is 4.72 Å². The van der Waals surface area contributed by atoms with Gasteiger partial charge in [-0.15, -0.1) is 0 Å². The first-order valence-electron chi connectivity index (χ1n) is 11.6. The van der Waals surface area contributed by atoms with E-state index in [1.165, 1.54) is 18.2 Å². The molecule has 19 heteroatoms. The Morgan fingerprint density at radius 1 is 1.00 bits per heavy atom. The molecule has 0 saturated heterocycles. The fourth-order valence-electron chi connectivity index (χ4n) is 3.58. The predicted molar refractivity (Wildman–Crippen MR) is 137 cm³/mol. The topological polar surface area (TPSA) is 165 Å². The molecule has 0 spiro atoms. The minimum Gasteiger partial charge on any atom is -0.487 e. The van der Waals surface area contributed by atoms with Crippen LogP contribution in [0.1, 0.15) is 21.6 Å². The molecule has 2 heterocycles. The molecule has 1 amide bonds. The first-order valence-corrected chi connectivity index (χ1v) is 13.3. The average molecular weight is 634 g/mol. The molecule has 4 rings (SSSR count). The van der Waals surface area contributed by atoms with Crippen LogP contribution in [-0.2, 0) is 22.8 Å². The van der Waals surface area contributed by atoms with Crippen molar-refractivity contribution >= 4 is 33.3 Å². The lowest BCUT2D eigenvalue weighted by molar-refractivity contribution is -0.141. The Bertz CT molecular complexity index is 1720. The van der Waals surface area contributed by atoms with Crippen molar-refractivity contribution in [3.05, 3.63) is 77.5 Å². The number of nitrogens with two attached hydrogens (primary N) is 1. The summed E-state index contributed by atoms with van der Waals surface area (Å²) >= 11 is 0. The number of sulfonamides is 1. The van der Waals surface area contributed by atoms with E-state index in [0.717, 1.165) is 30.5 Å². The molecule has 2 aromatic heterocycles. The van der Waals surface area contributed by atoms with Gasteiger partial charge in [0.1, 0.15) is 41.1 Å². The van der Waals surface area contributed by atoms with E-state index in [9.17, 15) is 43.9 Å². The number of halogens is 7. The number of anilines is 3. The number of nitrogens with one attached hydrogen (secondary N) is 3. The maximum Gasteiger partial charge on any atom is 0.434 e. The van der Waals surface area contributed by atoms with E-state index < -0.39 is 51.2 Å². The van der Waals surface area contributed by atoms with E-state index >= 15 is 0 Å². The zero-order valence-corrected chi connectivity index (χ0v) is 22.0. The van der Waals surface area contributed by atoms with Crippen LogP contribution < -0.4 is 20.5 Å². The molecule has 0 aliphatic rings. The largest absolute Gasteiger partial charge is 0.487 e. The van der Waals surface area contributed by atoms with Gasteiger partial charge in [0, 0.05) is 5.56 Å². The molecular weight excluding hydrogens is 615 g/mol.